The van der Waals surface area contributed by atoms with Crippen molar-refractivity contribution in [3.8, 4) is 0 Å². The molecule has 1 aliphatic heterocycles. The molecule has 0 aliphatic carbocycles. The molecule has 1 rings (SSSR count). The van der Waals surface area contributed by atoms with Crippen molar-refractivity contribution in [2.75, 3.05) is 19.6 Å². The third-order valence-electron chi connectivity index (χ3n) is 1.64. The lowest BCUT2D eigenvalue weighted by Crippen LogP contribution is -2.58. The summed E-state index contributed by atoms with van der Waals surface area (Å²) in [5.41, 5.74) is 0. The van der Waals surface area contributed by atoms with E-state index in [9.17, 15) is 9.59 Å². The van der Waals surface area contributed by atoms with Gasteiger partial charge in [0.2, 0.25) is 11.8 Å². The van der Waals surface area contributed by atoms with Crippen molar-refractivity contribution in [3.05, 3.63) is 0 Å². The monoisotopic (exact) mass is 171 g/mol. The smallest absolute Gasteiger partial charge is 0.243 e. The van der Waals surface area contributed by atoms with E-state index in [0.29, 0.717) is 19.6 Å². The number of hydrogen-bond acceptors (Lipinski definition) is 3. The Morgan fingerprint density at radius 3 is 3.08 bits per heavy atom. The lowest BCUT2D eigenvalue weighted by molar-refractivity contribution is -0.130. The van der Waals surface area contributed by atoms with E-state index >= 15 is 0 Å². The third-order valence-corrected chi connectivity index (χ3v) is 1.64. The van der Waals surface area contributed by atoms with E-state index in [4.69, 9.17) is 0 Å². The second-order valence-corrected chi connectivity index (χ2v) is 2.65. The molecule has 0 spiro atoms. The van der Waals surface area contributed by atoms with Gasteiger partial charge in [-0.3, -0.25) is 9.59 Å². The van der Waals surface area contributed by atoms with E-state index in [0.717, 1.165) is 0 Å². The molecule has 3 N–H and O–H groups in total. The van der Waals surface area contributed by atoms with Crippen LogP contribution in [0.25, 0.3) is 0 Å². The molecule has 0 saturated carbocycles. The number of nitrogens with one attached hydrogen (secondary N) is 3. The van der Waals surface area contributed by atoms with Crippen LogP contribution >= 0.6 is 0 Å². The summed E-state index contributed by atoms with van der Waals surface area (Å²) in [6.07, 6.45) is 0. The number of rotatable bonds is 2. The predicted molar refractivity (Wildman–Crippen MR) is 43.5 cm³/mol. The largest absolute Gasteiger partial charge is 0.355 e. The van der Waals surface area contributed by atoms with Gasteiger partial charge in [-0.2, -0.15) is 0 Å². The van der Waals surface area contributed by atoms with Gasteiger partial charge in [-0.25, -0.2) is 0 Å². The zero-order valence-electron chi connectivity index (χ0n) is 7.02. The number of carbonyl (C=O) groups is 2. The second-order valence-electron chi connectivity index (χ2n) is 2.65. The molecule has 1 heterocycles. The van der Waals surface area contributed by atoms with Gasteiger partial charge in [0.15, 0.2) is 0 Å². The van der Waals surface area contributed by atoms with Gasteiger partial charge in [-0.1, -0.05) is 0 Å². The third kappa shape index (κ3) is 2.20. The van der Waals surface area contributed by atoms with E-state index < -0.39 is 6.04 Å². The molecule has 5 nitrogen and oxygen atoms in total. The highest BCUT2D eigenvalue weighted by Crippen LogP contribution is 1.87. The van der Waals surface area contributed by atoms with E-state index in [1.807, 2.05) is 6.92 Å². The van der Waals surface area contributed by atoms with Crippen LogP contribution in [0.3, 0.4) is 0 Å². The first-order chi connectivity index (χ1) is 5.74. The van der Waals surface area contributed by atoms with Gasteiger partial charge < -0.3 is 16.0 Å². The number of piperazine rings is 1. The molecule has 1 fully saturated rings. The number of hydrogen-bond donors (Lipinski definition) is 3. The normalized spacial score (nSPS) is 23.1. The molecular weight excluding hydrogens is 158 g/mol. The summed E-state index contributed by atoms with van der Waals surface area (Å²) in [4.78, 5) is 22.0. The fourth-order valence-electron chi connectivity index (χ4n) is 1.08. The molecule has 1 atom stereocenters. The van der Waals surface area contributed by atoms with Crippen molar-refractivity contribution in [2.45, 2.75) is 13.0 Å². The van der Waals surface area contributed by atoms with Crippen molar-refractivity contribution in [3.63, 3.8) is 0 Å². The average Bonchev–Trinajstić information content (AvgIpc) is 2.05. The lowest BCUT2D eigenvalue weighted by Gasteiger charge is -2.22. The Hall–Kier alpha value is -1.10. The minimum Gasteiger partial charge on any atom is -0.355 e. The van der Waals surface area contributed by atoms with Crippen molar-refractivity contribution in [1.29, 1.82) is 0 Å². The second kappa shape index (κ2) is 4.06. The first-order valence-electron chi connectivity index (χ1n) is 4.02. The molecule has 0 aromatic carbocycles. The first-order valence-corrected chi connectivity index (χ1v) is 4.02. The fourth-order valence-corrected chi connectivity index (χ4v) is 1.08. The summed E-state index contributed by atoms with van der Waals surface area (Å²) in [5.74, 6) is -0.254. The molecule has 1 saturated heterocycles. The Balaban J connectivity index is 2.40. The molecule has 12 heavy (non-hydrogen) atoms. The highest BCUT2D eigenvalue weighted by Gasteiger charge is 2.23. The summed E-state index contributed by atoms with van der Waals surface area (Å²) in [7, 11) is 0. The maximum atomic E-state index is 11.2. The Morgan fingerprint density at radius 2 is 2.50 bits per heavy atom. The fraction of sp³-hybridized carbons (Fsp3) is 0.714. The molecule has 68 valence electrons. The minimum absolute atomic E-state index is 0.127. The first kappa shape index (κ1) is 8.99. The highest BCUT2D eigenvalue weighted by molar-refractivity contribution is 5.89. The minimum atomic E-state index is -0.411. The molecule has 0 aromatic heterocycles. The Morgan fingerprint density at radius 1 is 1.75 bits per heavy atom. The summed E-state index contributed by atoms with van der Waals surface area (Å²) >= 11 is 0. The molecule has 0 aromatic rings. The van der Waals surface area contributed by atoms with Crippen LogP contribution in [0.4, 0.5) is 0 Å². The van der Waals surface area contributed by atoms with Crippen molar-refractivity contribution in [1.82, 2.24) is 16.0 Å². The van der Waals surface area contributed by atoms with Crippen LogP contribution in [0, 0.1) is 0 Å². The number of likely N-dealkylation sites (N-methyl/N-ethyl adjacent to an activating group) is 1. The summed E-state index contributed by atoms with van der Waals surface area (Å²) in [5, 5.41) is 8.08. The Bertz CT molecular complexity index is 193. The van der Waals surface area contributed by atoms with E-state index in [2.05, 4.69) is 16.0 Å². The van der Waals surface area contributed by atoms with Crippen LogP contribution < -0.4 is 16.0 Å². The Kier molecular flexibility index (Phi) is 3.04. The van der Waals surface area contributed by atoms with Crippen LogP contribution in [0.5, 0.6) is 0 Å². The van der Waals surface area contributed by atoms with Crippen LogP contribution in [0.2, 0.25) is 0 Å². The zero-order chi connectivity index (χ0) is 8.97. The molecule has 0 bridgehead atoms. The maximum Gasteiger partial charge on any atom is 0.243 e. The van der Waals surface area contributed by atoms with Gasteiger partial charge >= 0.3 is 0 Å². The quantitative estimate of drug-likeness (QED) is 0.459. The van der Waals surface area contributed by atoms with Crippen LogP contribution in [0.1, 0.15) is 6.92 Å². The van der Waals surface area contributed by atoms with Gasteiger partial charge in [-0.15, -0.1) is 0 Å². The van der Waals surface area contributed by atoms with Crippen molar-refractivity contribution < 1.29 is 9.59 Å². The lowest BCUT2D eigenvalue weighted by atomic mass is 10.2. The molecular formula is C7H13N3O2. The average molecular weight is 171 g/mol. The maximum absolute atomic E-state index is 11.2. The molecule has 0 radical (unpaired) electrons. The zero-order valence-corrected chi connectivity index (χ0v) is 7.02. The number of amides is 2. The van der Waals surface area contributed by atoms with Crippen molar-refractivity contribution >= 4 is 11.8 Å². The van der Waals surface area contributed by atoms with Gasteiger partial charge in [0, 0.05) is 13.1 Å². The summed E-state index contributed by atoms with van der Waals surface area (Å²) in [6, 6.07) is -0.411. The van der Waals surface area contributed by atoms with Gasteiger partial charge in [-0.05, 0) is 6.92 Å². The predicted octanol–water partition coefficient (Wildman–Crippen LogP) is -1.79. The van der Waals surface area contributed by atoms with Crippen molar-refractivity contribution in [2.24, 2.45) is 0 Å². The molecule has 5 heteroatoms. The van der Waals surface area contributed by atoms with Gasteiger partial charge in [0.05, 0.1) is 6.54 Å². The van der Waals surface area contributed by atoms with Crippen LogP contribution in [-0.2, 0) is 9.59 Å². The van der Waals surface area contributed by atoms with E-state index in [1.54, 1.807) is 0 Å². The Labute approximate surface area is 70.9 Å². The van der Waals surface area contributed by atoms with Gasteiger partial charge in [0.25, 0.3) is 0 Å². The standard InChI is InChI=1S/C7H13N3O2/c1-2-9-7(12)5-3-8-4-6(11)10-5/h5,8H,2-4H2,1H3,(H,9,12)(H,10,11). The van der Waals surface area contributed by atoms with Crippen LogP contribution in [0.15, 0.2) is 0 Å². The SMILES string of the molecule is CCNC(=O)C1CNCC(=O)N1. The topological polar surface area (TPSA) is 70.2 Å². The highest BCUT2D eigenvalue weighted by atomic mass is 16.2. The summed E-state index contributed by atoms with van der Waals surface area (Å²) in [6.45, 7) is 3.24. The number of carbonyl (C=O) groups excluding carboxylic acids is 2. The molecule has 1 aliphatic rings. The molecule has 2 amide bonds. The van der Waals surface area contributed by atoms with Crippen LogP contribution in [-0.4, -0.2) is 37.5 Å². The van der Waals surface area contributed by atoms with E-state index in [1.165, 1.54) is 0 Å². The van der Waals surface area contributed by atoms with Gasteiger partial charge in [0.1, 0.15) is 6.04 Å². The summed E-state index contributed by atoms with van der Waals surface area (Å²) < 4.78 is 0. The van der Waals surface area contributed by atoms with E-state index in [-0.39, 0.29) is 11.8 Å². The molecule has 1 unspecified atom stereocenters.